The summed E-state index contributed by atoms with van der Waals surface area (Å²) >= 11 is 3.48. The smallest absolute Gasteiger partial charge is 0.222 e. The average Bonchev–Trinajstić information content (AvgIpc) is 2.32. The molecule has 1 saturated heterocycles. The molecule has 2 rings (SSSR count). The Morgan fingerprint density at radius 2 is 2.41 bits per heavy atom. The van der Waals surface area contributed by atoms with E-state index in [4.69, 9.17) is 10.5 Å². The molecule has 0 radical (unpaired) electrons. The highest BCUT2D eigenvalue weighted by Gasteiger charge is 2.28. The molecule has 1 fully saturated rings. The third-order valence-corrected chi connectivity index (χ3v) is 3.51. The summed E-state index contributed by atoms with van der Waals surface area (Å²) < 4.78 is 6.55. The summed E-state index contributed by atoms with van der Waals surface area (Å²) in [5.74, 6) is 1.16. The first-order valence-corrected chi connectivity index (χ1v) is 6.57. The van der Waals surface area contributed by atoms with Gasteiger partial charge in [0.1, 0.15) is 5.82 Å². The van der Waals surface area contributed by atoms with Crippen LogP contribution in [0.15, 0.2) is 10.7 Å². The van der Waals surface area contributed by atoms with Crippen LogP contribution >= 0.6 is 15.9 Å². The molecule has 0 spiro atoms. The largest absolute Gasteiger partial charge is 0.375 e. The van der Waals surface area contributed by atoms with Gasteiger partial charge in [0.25, 0.3) is 0 Å². The van der Waals surface area contributed by atoms with Gasteiger partial charge in [-0.2, -0.15) is 4.98 Å². The Morgan fingerprint density at radius 1 is 1.65 bits per heavy atom. The van der Waals surface area contributed by atoms with Gasteiger partial charge in [0.2, 0.25) is 5.95 Å². The maximum Gasteiger partial charge on any atom is 0.222 e. The fraction of sp³-hybridized carbons (Fsp3) is 0.636. The molecule has 2 N–H and O–H groups in total. The van der Waals surface area contributed by atoms with Gasteiger partial charge in [-0.05, 0) is 29.3 Å². The lowest BCUT2D eigenvalue weighted by Gasteiger charge is -2.39. The van der Waals surface area contributed by atoms with Crippen LogP contribution < -0.4 is 10.6 Å². The molecule has 0 amide bonds. The molecule has 0 saturated carbocycles. The Kier molecular flexibility index (Phi) is 3.83. The summed E-state index contributed by atoms with van der Waals surface area (Å²) in [5, 5.41) is 0. The molecule has 1 aromatic rings. The normalized spacial score (nSPS) is 25.0. The van der Waals surface area contributed by atoms with Crippen molar-refractivity contribution in [1.82, 2.24) is 9.97 Å². The van der Waals surface area contributed by atoms with Gasteiger partial charge in [-0.25, -0.2) is 4.98 Å². The van der Waals surface area contributed by atoms with E-state index in [1.54, 1.807) is 6.20 Å². The molecule has 2 unspecified atom stereocenters. The van der Waals surface area contributed by atoms with Crippen molar-refractivity contribution in [2.75, 3.05) is 23.8 Å². The maximum atomic E-state index is 5.67. The van der Waals surface area contributed by atoms with Gasteiger partial charge in [0, 0.05) is 12.7 Å². The lowest BCUT2D eigenvalue weighted by atomic mass is 10.1. The van der Waals surface area contributed by atoms with Crippen LogP contribution in [0, 0.1) is 0 Å². The molecule has 0 bridgehead atoms. The second-order valence-corrected chi connectivity index (χ2v) is 5.11. The molecule has 6 heteroatoms. The van der Waals surface area contributed by atoms with E-state index in [-0.39, 0.29) is 6.10 Å². The fourth-order valence-corrected chi connectivity index (χ4v) is 2.43. The molecule has 0 aromatic carbocycles. The van der Waals surface area contributed by atoms with Crippen molar-refractivity contribution in [2.45, 2.75) is 32.4 Å². The Hall–Kier alpha value is -0.880. The number of morpholine rings is 1. The van der Waals surface area contributed by atoms with E-state index >= 15 is 0 Å². The minimum Gasteiger partial charge on any atom is -0.375 e. The molecular weight excluding hydrogens is 284 g/mol. The average molecular weight is 301 g/mol. The molecule has 1 aliphatic rings. The van der Waals surface area contributed by atoms with Crippen LogP contribution in [-0.4, -0.2) is 35.3 Å². The highest BCUT2D eigenvalue weighted by Crippen LogP contribution is 2.28. The van der Waals surface area contributed by atoms with Gasteiger partial charge < -0.3 is 15.4 Å². The Bertz CT molecular complexity index is 401. The molecule has 1 aliphatic heterocycles. The summed E-state index contributed by atoms with van der Waals surface area (Å²) in [6.07, 6.45) is 2.93. The number of anilines is 2. The maximum absolute atomic E-state index is 5.67. The summed E-state index contributed by atoms with van der Waals surface area (Å²) in [6.45, 7) is 5.77. The minimum absolute atomic E-state index is 0.209. The summed E-state index contributed by atoms with van der Waals surface area (Å²) in [7, 11) is 0. The molecule has 94 valence electrons. The fourth-order valence-electron chi connectivity index (χ4n) is 2.01. The van der Waals surface area contributed by atoms with Crippen LogP contribution in [-0.2, 0) is 4.74 Å². The number of hydrogen-bond donors (Lipinski definition) is 1. The zero-order chi connectivity index (χ0) is 12.4. The number of ether oxygens (including phenoxy) is 1. The number of nitrogen functional groups attached to an aromatic ring is 1. The molecule has 2 heterocycles. The van der Waals surface area contributed by atoms with E-state index < -0.39 is 0 Å². The van der Waals surface area contributed by atoms with Crippen molar-refractivity contribution >= 4 is 27.7 Å². The first-order valence-electron chi connectivity index (χ1n) is 5.78. The number of aromatic nitrogens is 2. The van der Waals surface area contributed by atoms with Gasteiger partial charge >= 0.3 is 0 Å². The lowest BCUT2D eigenvalue weighted by molar-refractivity contribution is 0.0295. The monoisotopic (exact) mass is 300 g/mol. The third-order valence-electron chi connectivity index (χ3n) is 2.96. The lowest BCUT2D eigenvalue weighted by Crippen LogP contribution is -2.49. The van der Waals surface area contributed by atoms with E-state index in [2.05, 4.69) is 44.6 Å². The molecule has 2 atom stereocenters. The van der Waals surface area contributed by atoms with Gasteiger partial charge in [0.05, 0.1) is 23.2 Å². The van der Waals surface area contributed by atoms with Crippen molar-refractivity contribution in [1.29, 1.82) is 0 Å². The van der Waals surface area contributed by atoms with Crippen molar-refractivity contribution in [3.63, 3.8) is 0 Å². The zero-order valence-electron chi connectivity index (χ0n) is 10.1. The Balaban J connectivity index is 2.31. The quantitative estimate of drug-likeness (QED) is 0.903. The second-order valence-electron chi connectivity index (χ2n) is 4.26. The number of hydrogen-bond acceptors (Lipinski definition) is 5. The predicted octanol–water partition coefficient (Wildman–Crippen LogP) is 1.82. The zero-order valence-corrected chi connectivity index (χ0v) is 11.6. The topological polar surface area (TPSA) is 64.3 Å². The Labute approximate surface area is 110 Å². The van der Waals surface area contributed by atoms with E-state index in [1.807, 2.05) is 0 Å². The summed E-state index contributed by atoms with van der Waals surface area (Å²) in [4.78, 5) is 10.5. The van der Waals surface area contributed by atoms with E-state index in [9.17, 15) is 0 Å². The highest BCUT2D eigenvalue weighted by atomic mass is 79.9. The van der Waals surface area contributed by atoms with Crippen LogP contribution in [0.3, 0.4) is 0 Å². The van der Waals surface area contributed by atoms with Crippen LogP contribution in [0.2, 0.25) is 0 Å². The number of nitrogens with two attached hydrogens (primary N) is 1. The standard InChI is InChI=1S/C11H17BrN4O/c1-3-8-6-17-7(2)5-16(8)10-9(12)4-14-11(13)15-10/h4,7-8H,3,5-6H2,1-2H3,(H2,13,14,15). The summed E-state index contributed by atoms with van der Waals surface area (Å²) in [5.41, 5.74) is 5.65. The van der Waals surface area contributed by atoms with Crippen LogP contribution in [0.5, 0.6) is 0 Å². The van der Waals surface area contributed by atoms with E-state index in [1.165, 1.54) is 0 Å². The molecule has 17 heavy (non-hydrogen) atoms. The molecule has 0 aliphatic carbocycles. The molecular formula is C11H17BrN4O. The van der Waals surface area contributed by atoms with Gasteiger partial charge in [-0.3, -0.25) is 0 Å². The van der Waals surface area contributed by atoms with Crippen molar-refractivity contribution in [3.8, 4) is 0 Å². The second kappa shape index (κ2) is 5.18. The van der Waals surface area contributed by atoms with Crippen LogP contribution in [0.1, 0.15) is 20.3 Å². The number of rotatable bonds is 2. The van der Waals surface area contributed by atoms with Crippen molar-refractivity contribution in [2.24, 2.45) is 0 Å². The van der Waals surface area contributed by atoms with Gasteiger partial charge in [-0.1, -0.05) is 6.92 Å². The van der Waals surface area contributed by atoms with Crippen LogP contribution in [0.25, 0.3) is 0 Å². The third kappa shape index (κ3) is 2.69. The minimum atomic E-state index is 0.209. The molecule has 5 nitrogen and oxygen atoms in total. The SMILES string of the molecule is CCC1COC(C)CN1c1nc(N)ncc1Br. The summed E-state index contributed by atoms with van der Waals surface area (Å²) in [6, 6.07) is 0.344. The van der Waals surface area contributed by atoms with Gasteiger partial charge in [0.15, 0.2) is 0 Å². The van der Waals surface area contributed by atoms with E-state index in [0.29, 0.717) is 12.0 Å². The van der Waals surface area contributed by atoms with Crippen molar-refractivity contribution in [3.05, 3.63) is 10.7 Å². The van der Waals surface area contributed by atoms with Gasteiger partial charge in [-0.15, -0.1) is 0 Å². The number of nitrogens with zero attached hydrogens (tertiary/aromatic N) is 3. The van der Waals surface area contributed by atoms with E-state index in [0.717, 1.165) is 29.9 Å². The Morgan fingerprint density at radius 3 is 3.12 bits per heavy atom. The van der Waals surface area contributed by atoms with Crippen molar-refractivity contribution < 1.29 is 4.74 Å². The highest BCUT2D eigenvalue weighted by molar-refractivity contribution is 9.10. The first-order chi connectivity index (χ1) is 8.11. The number of halogens is 1. The first kappa shape index (κ1) is 12.6. The van der Waals surface area contributed by atoms with Crippen LogP contribution in [0.4, 0.5) is 11.8 Å². The predicted molar refractivity (Wildman–Crippen MR) is 71.0 cm³/mol. The molecule has 1 aromatic heterocycles.